The highest BCUT2D eigenvalue weighted by atomic mass is 35.5. The Morgan fingerprint density at radius 3 is 2.22 bits per heavy atom. The van der Waals surface area contributed by atoms with Crippen LogP contribution < -0.4 is 16.4 Å². The third kappa shape index (κ3) is 7.14. The Kier molecular flexibility index (Phi) is 8.64. The molecule has 2 aliphatic rings. The summed E-state index contributed by atoms with van der Waals surface area (Å²) in [5.41, 5.74) is 8.05. The lowest BCUT2D eigenvalue weighted by molar-refractivity contribution is 0.0917. The summed E-state index contributed by atoms with van der Waals surface area (Å²) in [5, 5.41) is 10.9. The minimum Gasteiger partial charge on any atom is -0.349 e. The summed E-state index contributed by atoms with van der Waals surface area (Å²) < 4.78 is 1.57. The Labute approximate surface area is 225 Å². The van der Waals surface area contributed by atoms with E-state index in [0.29, 0.717) is 28.0 Å². The van der Waals surface area contributed by atoms with E-state index in [9.17, 15) is 9.59 Å². The van der Waals surface area contributed by atoms with E-state index in [1.54, 1.807) is 36.0 Å². The molecule has 0 bridgehead atoms. The summed E-state index contributed by atoms with van der Waals surface area (Å²) in [6, 6.07) is 7.38. The Hall–Kier alpha value is -2.38. The van der Waals surface area contributed by atoms with Crippen LogP contribution in [0.25, 0.3) is 0 Å². The van der Waals surface area contributed by atoms with Gasteiger partial charge in [-0.2, -0.15) is 5.10 Å². The van der Waals surface area contributed by atoms with Crippen molar-refractivity contribution in [1.29, 1.82) is 0 Å². The maximum absolute atomic E-state index is 13.0. The Bertz CT molecular complexity index is 1110. The average molecular weight is 528 g/mol. The van der Waals surface area contributed by atoms with E-state index < -0.39 is 0 Å². The van der Waals surface area contributed by atoms with Gasteiger partial charge in [0.1, 0.15) is 5.69 Å². The van der Waals surface area contributed by atoms with Gasteiger partial charge >= 0.3 is 0 Å². The molecule has 202 valence electrons. The number of nitrogens with zero attached hydrogens (tertiary/aromatic N) is 2. The quantitative estimate of drug-likeness (QED) is 0.440. The van der Waals surface area contributed by atoms with Crippen molar-refractivity contribution in [2.45, 2.75) is 96.1 Å². The number of rotatable bonds is 6. The molecule has 37 heavy (non-hydrogen) atoms. The number of carbonyl (C=O) groups is 2. The van der Waals surface area contributed by atoms with Crippen LogP contribution >= 0.6 is 11.6 Å². The zero-order valence-corrected chi connectivity index (χ0v) is 23.4. The maximum Gasteiger partial charge on any atom is 0.273 e. The van der Waals surface area contributed by atoms with E-state index >= 15 is 0 Å². The molecule has 1 aromatic heterocycles. The zero-order chi connectivity index (χ0) is 26.7. The van der Waals surface area contributed by atoms with Crippen molar-refractivity contribution in [3.8, 4) is 0 Å². The number of carbonyl (C=O) groups excluding carboxylic acids is 2. The molecule has 1 heterocycles. The van der Waals surface area contributed by atoms with E-state index in [1.165, 1.54) is 32.1 Å². The summed E-state index contributed by atoms with van der Waals surface area (Å²) in [4.78, 5) is 26.0. The summed E-state index contributed by atoms with van der Waals surface area (Å²) in [6.07, 6.45) is 10.5. The highest BCUT2D eigenvalue weighted by Crippen LogP contribution is 2.35. The van der Waals surface area contributed by atoms with Crippen LogP contribution in [-0.4, -0.2) is 33.7 Å². The van der Waals surface area contributed by atoms with E-state index in [4.69, 9.17) is 17.3 Å². The van der Waals surface area contributed by atoms with Gasteiger partial charge in [-0.05, 0) is 93.9 Å². The largest absolute Gasteiger partial charge is 0.349 e. The average Bonchev–Trinajstić information content (AvgIpc) is 3.25. The molecule has 0 aliphatic heterocycles. The highest BCUT2D eigenvalue weighted by molar-refractivity contribution is 6.34. The normalized spacial score (nSPS) is 24.5. The van der Waals surface area contributed by atoms with Crippen LogP contribution in [0.2, 0.25) is 5.02 Å². The molecule has 2 aromatic rings. The SMILES string of the molecule is Cn1nc(C(C)(C)C)cc1C(=O)Nc1cc(C(=O)NC2CCC(CC3CCC(N)CC3)CC2)ccc1Cl. The number of benzene rings is 1. The first-order chi connectivity index (χ1) is 17.5. The molecular formula is C29H42ClN5O2. The smallest absolute Gasteiger partial charge is 0.273 e. The first-order valence-electron chi connectivity index (χ1n) is 13.7. The van der Waals surface area contributed by atoms with Crippen molar-refractivity contribution in [3.05, 3.63) is 46.2 Å². The fourth-order valence-corrected chi connectivity index (χ4v) is 5.87. The van der Waals surface area contributed by atoms with Gasteiger partial charge in [0.05, 0.1) is 16.4 Å². The van der Waals surface area contributed by atoms with Gasteiger partial charge in [-0.1, -0.05) is 32.4 Å². The number of hydrogen-bond donors (Lipinski definition) is 3. The Morgan fingerprint density at radius 2 is 1.62 bits per heavy atom. The molecule has 4 rings (SSSR count). The number of nitrogens with two attached hydrogens (primary N) is 1. The first-order valence-corrected chi connectivity index (χ1v) is 14.1. The third-order valence-electron chi connectivity index (χ3n) is 8.10. The lowest BCUT2D eigenvalue weighted by Crippen LogP contribution is -2.38. The monoisotopic (exact) mass is 527 g/mol. The molecule has 1 aromatic carbocycles. The van der Waals surface area contributed by atoms with Gasteiger partial charge in [0.15, 0.2) is 0 Å². The second kappa shape index (κ2) is 11.6. The van der Waals surface area contributed by atoms with Crippen molar-refractivity contribution in [2.24, 2.45) is 24.6 Å². The number of nitrogens with one attached hydrogen (secondary N) is 2. The number of halogens is 1. The second-order valence-corrected chi connectivity index (χ2v) is 12.6. The van der Waals surface area contributed by atoms with E-state index in [0.717, 1.165) is 43.2 Å². The van der Waals surface area contributed by atoms with Gasteiger partial charge in [-0.3, -0.25) is 14.3 Å². The van der Waals surface area contributed by atoms with E-state index in [1.807, 2.05) is 0 Å². The van der Waals surface area contributed by atoms with Crippen LogP contribution in [0, 0.1) is 11.8 Å². The summed E-state index contributed by atoms with van der Waals surface area (Å²) >= 11 is 6.37. The molecule has 0 saturated heterocycles. The van der Waals surface area contributed by atoms with E-state index in [2.05, 4.69) is 36.5 Å². The predicted octanol–water partition coefficient (Wildman–Crippen LogP) is 5.82. The van der Waals surface area contributed by atoms with Crippen LogP contribution in [0.4, 0.5) is 5.69 Å². The molecular weight excluding hydrogens is 486 g/mol. The maximum atomic E-state index is 13.0. The van der Waals surface area contributed by atoms with Gasteiger partial charge < -0.3 is 16.4 Å². The standard InChI is InChI=1S/C29H42ClN5O2/c1-29(2,3)26-17-25(35(4)34-26)28(37)33-24-16-20(9-14-23(24)30)27(36)32-22-12-7-19(8-13-22)15-18-5-10-21(31)11-6-18/h9,14,16-19,21-22H,5-8,10-13,15,31H2,1-4H3,(H,32,36)(H,33,37). The number of aryl methyl sites for hydroxylation is 1. The first kappa shape index (κ1) is 27.6. The van der Waals surface area contributed by atoms with Crippen molar-refractivity contribution >= 4 is 29.1 Å². The van der Waals surface area contributed by atoms with Crippen LogP contribution in [0.3, 0.4) is 0 Å². The fraction of sp³-hybridized carbons (Fsp3) is 0.621. The van der Waals surface area contributed by atoms with Gasteiger partial charge in [0.2, 0.25) is 0 Å². The molecule has 4 N–H and O–H groups in total. The number of amides is 2. The highest BCUT2D eigenvalue weighted by Gasteiger charge is 2.27. The number of hydrogen-bond acceptors (Lipinski definition) is 4. The summed E-state index contributed by atoms with van der Waals surface area (Å²) in [5.74, 6) is 1.14. The zero-order valence-electron chi connectivity index (χ0n) is 22.6. The molecule has 2 amide bonds. The molecule has 7 nitrogen and oxygen atoms in total. The molecule has 2 saturated carbocycles. The summed E-state index contributed by atoms with van der Waals surface area (Å²) in [7, 11) is 1.74. The van der Waals surface area contributed by atoms with Crippen LogP contribution in [0.15, 0.2) is 24.3 Å². The summed E-state index contributed by atoms with van der Waals surface area (Å²) in [6.45, 7) is 6.15. The molecule has 8 heteroatoms. The lowest BCUT2D eigenvalue weighted by Gasteiger charge is -2.33. The van der Waals surface area contributed by atoms with E-state index in [-0.39, 0.29) is 23.3 Å². The molecule has 0 atom stereocenters. The minimum atomic E-state index is -0.316. The second-order valence-electron chi connectivity index (χ2n) is 12.1. The predicted molar refractivity (Wildman–Crippen MR) is 149 cm³/mol. The van der Waals surface area contributed by atoms with Crippen molar-refractivity contribution in [1.82, 2.24) is 15.1 Å². The van der Waals surface area contributed by atoms with Crippen molar-refractivity contribution in [2.75, 3.05) is 5.32 Å². The molecule has 2 aliphatic carbocycles. The number of aromatic nitrogens is 2. The fourth-order valence-electron chi connectivity index (χ4n) is 5.70. The molecule has 0 unspecified atom stereocenters. The van der Waals surface area contributed by atoms with Gasteiger partial charge in [0.25, 0.3) is 11.8 Å². The van der Waals surface area contributed by atoms with Gasteiger partial charge in [-0.15, -0.1) is 0 Å². The molecule has 0 spiro atoms. The Balaban J connectivity index is 1.32. The third-order valence-corrected chi connectivity index (χ3v) is 8.43. The van der Waals surface area contributed by atoms with Crippen LogP contribution in [0.5, 0.6) is 0 Å². The minimum absolute atomic E-state index is 0.132. The molecule has 2 fully saturated rings. The van der Waals surface area contributed by atoms with Gasteiger partial charge in [0, 0.05) is 30.1 Å². The topological polar surface area (TPSA) is 102 Å². The van der Waals surface area contributed by atoms with Gasteiger partial charge in [-0.25, -0.2) is 0 Å². The number of anilines is 1. The van der Waals surface area contributed by atoms with Crippen LogP contribution in [0.1, 0.15) is 105 Å². The molecule has 0 radical (unpaired) electrons. The Morgan fingerprint density at radius 1 is 1.00 bits per heavy atom. The lowest BCUT2D eigenvalue weighted by atomic mass is 9.76. The van der Waals surface area contributed by atoms with Crippen molar-refractivity contribution in [3.63, 3.8) is 0 Å². The van der Waals surface area contributed by atoms with Crippen molar-refractivity contribution < 1.29 is 9.59 Å². The van der Waals surface area contributed by atoms with Crippen LogP contribution in [-0.2, 0) is 12.5 Å².